The van der Waals surface area contributed by atoms with Crippen LogP contribution >= 0.6 is 0 Å². The number of hydrogen-bond donors (Lipinski definition) is 3. The van der Waals surface area contributed by atoms with E-state index in [0.717, 1.165) is 12.0 Å². The van der Waals surface area contributed by atoms with Crippen molar-refractivity contribution in [1.29, 1.82) is 0 Å². The van der Waals surface area contributed by atoms with Gasteiger partial charge < -0.3 is 34.5 Å². The SMILES string of the molecule is CC(=O)O[C@@H](C)/C=C\C(=O)N[C@@H]1C[C@H](C)[C@H](C/C=C(C)/C=C/[C@H]2O[C@H](CC(=O)O)CC3(CO3)[C@@H]2O)O[C@@H]1C. The second-order valence-corrected chi connectivity index (χ2v) is 10.7. The number of carbonyl (C=O) groups is 3. The summed E-state index contributed by atoms with van der Waals surface area (Å²) in [6.45, 7) is 9.41. The molecule has 0 bridgehead atoms. The standard InChI is InChI=1S/C28H41NO9/c1-16(7-10-24-27(34)28(15-35-28)14-21(38-24)13-26(32)33)6-9-23-17(2)12-22(19(4)37-23)29-25(31)11-8-18(3)36-20(5)30/h6-8,10-11,17-19,21-24,27,34H,9,12-15H2,1-5H3,(H,29,31)(H,32,33)/b10-7+,11-8-,16-6+/t17-,18-,19+,21+,22+,23-,24+,27+,28?/m0/s1. The van der Waals surface area contributed by atoms with Gasteiger partial charge in [0.1, 0.15) is 23.9 Å². The number of nitrogens with one attached hydrogen (secondary N) is 1. The fourth-order valence-corrected chi connectivity index (χ4v) is 5.08. The van der Waals surface area contributed by atoms with E-state index in [9.17, 15) is 19.5 Å². The highest BCUT2D eigenvalue weighted by Gasteiger charge is 2.58. The van der Waals surface area contributed by atoms with Crippen molar-refractivity contribution in [3.63, 3.8) is 0 Å². The van der Waals surface area contributed by atoms with Crippen molar-refractivity contribution in [3.05, 3.63) is 36.0 Å². The average molecular weight is 536 g/mol. The van der Waals surface area contributed by atoms with Crippen molar-refractivity contribution in [3.8, 4) is 0 Å². The van der Waals surface area contributed by atoms with Crippen molar-refractivity contribution >= 4 is 17.8 Å². The molecule has 3 fully saturated rings. The molecule has 38 heavy (non-hydrogen) atoms. The van der Waals surface area contributed by atoms with Crippen LogP contribution in [0.4, 0.5) is 0 Å². The lowest BCUT2D eigenvalue weighted by Gasteiger charge is -2.39. The highest BCUT2D eigenvalue weighted by molar-refractivity contribution is 5.87. The van der Waals surface area contributed by atoms with Gasteiger partial charge in [-0.3, -0.25) is 14.4 Å². The maximum absolute atomic E-state index is 12.3. The lowest BCUT2D eigenvalue weighted by atomic mass is 9.87. The van der Waals surface area contributed by atoms with E-state index in [1.54, 1.807) is 19.1 Å². The minimum Gasteiger partial charge on any atom is -0.481 e. The van der Waals surface area contributed by atoms with Crippen LogP contribution in [0.1, 0.15) is 60.3 Å². The second-order valence-electron chi connectivity index (χ2n) is 10.7. The fourth-order valence-electron chi connectivity index (χ4n) is 5.08. The third-order valence-corrected chi connectivity index (χ3v) is 7.33. The van der Waals surface area contributed by atoms with E-state index < -0.39 is 42.0 Å². The lowest BCUT2D eigenvalue weighted by molar-refractivity contribution is -0.155. The Bertz CT molecular complexity index is 954. The summed E-state index contributed by atoms with van der Waals surface area (Å²) in [4.78, 5) is 34.4. The van der Waals surface area contributed by atoms with Gasteiger partial charge in [-0.15, -0.1) is 0 Å². The van der Waals surface area contributed by atoms with Crippen molar-refractivity contribution in [2.45, 2.75) is 109 Å². The molecule has 212 valence electrons. The van der Waals surface area contributed by atoms with Crippen LogP contribution in [-0.2, 0) is 33.3 Å². The molecule has 3 rings (SSSR count). The van der Waals surface area contributed by atoms with Crippen LogP contribution in [-0.4, -0.2) is 82.9 Å². The minimum absolute atomic E-state index is 0.0133. The largest absolute Gasteiger partial charge is 0.481 e. The predicted molar refractivity (Wildman–Crippen MR) is 138 cm³/mol. The molecule has 3 heterocycles. The Morgan fingerprint density at radius 1 is 1.18 bits per heavy atom. The van der Waals surface area contributed by atoms with Crippen LogP contribution in [0.5, 0.6) is 0 Å². The molecule has 3 aliphatic heterocycles. The van der Waals surface area contributed by atoms with E-state index >= 15 is 0 Å². The number of epoxide rings is 1. The van der Waals surface area contributed by atoms with Crippen LogP contribution in [0, 0.1) is 5.92 Å². The number of esters is 1. The van der Waals surface area contributed by atoms with Crippen molar-refractivity contribution in [2.24, 2.45) is 5.92 Å². The zero-order valence-corrected chi connectivity index (χ0v) is 22.8. The van der Waals surface area contributed by atoms with Gasteiger partial charge in [0, 0.05) is 19.4 Å². The number of aliphatic carboxylic acids is 1. The Labute approximate surface area is 224 Å². The number of ether oxygens (including phenoxy) is 4. The van der Waals surface area contributed by atoms with E-state index in [-0.39, 0.29) is 36.5 Å². The number of rotatable bonds is 10. The summed E-state index contributed by atoms with van der Waals surface area (Å²) in [5, 5.41) is 22.8. The third-order valence-electron chi connectivity index (χ3n) is 7.33. The first-order valence-corrected chi connectivity index (χ1v) is 13.2. The summed E-state index contributed by atoms with van der Waals surface area (Å²) in [7, 11) is 0. The zero-order valence-electron chi connectivity index (χ0n) is 22.8. The van der Waals surface area contributed by atoms with Crippen molar-refractivity contribution in [2.75, 3.05) is 6.61 Å². The molecule has 9 atom stereocenters. The molecule has 0 radical (unpaired) electrons. The summed E-state index contributed by atoms with van der Waals surface area (Å²) < 4.78 is 22.5. The lowest BCUT2D eigenvalue weighted by Crippen LogP contribution is -2.50. The normalized spacial score (nSPS) is 36.4. The molecule has 10 heteroatoms. The number of aliphatic hydroxyl groups excluding tert-OH is 1. The molecule has 1 unspecified atom stereocenters. The highest BCUT2D eigenvalue weighted by Crippen LogP contribution is 2.43. The second kappa shape index (κ2) is 13.0. The van der Waals surface area contributed by atoms with Gasteiger partial charge in [-0.05, 0) is 45.6 Å². The summed E-state index contributed by atoms with van der Waals surface area (Å²) in [5.74, 6) is -1.39. The Hall–Kier alpha value is -2.53. The van der Waals surface area contributed by atoms with Crippen molar-refractivity contribution in [1.82, 2.24) is 5.32 Å². The van der Waals surface area contributed by atoms with Gasteiger partial charge in [0.2, 0.25) is 5.91 Å². The molecule has 3 N–H and O–H groups in total. The highest BCUT2D eigenvalue weighted by atomic mass is 16.6. The molecule has 0 saturated carbocycles. The number of allylic oxidation sites excluding steroid dienone is 2. The summed E-state index contributed by atoms with van der Waals surface area (Å²) in [5.41, 5.74) is 0.271. The number of aliphatic hydroxyl groups is 1. The van der Waals surface area contributed by atoms with E-state index in [1.165, 1.54) is 13.0 Å². The van der Waals surface area contributed by atoms with Gasteiger partial charge in [-0.2, -0.15) is 0 Å². The number of amides is 1. The van der Waals surface area contributed by atoms with Crippen molar-refractivity contribution < 1.29 is 43.5 Å². The number of carboxylic acids is 1. The first-order valence-electron chi connectivity index (χ1n) is 13.2. The number of hydrogen-bond acceptors (Lipinski definition) is 8. The average Bonchev–Trinajstić information content (AvgIpc) is 3.59. The smallest absolute Gasteiger partial charge is 0.305 e. The Balaban J connectivity index is 1.49. The first kappa shape index (κ1) is 30.0. The number of carboxylic acid groups (broad SMARTS) is 1. The monoisotopic (exact) mass is 535 g/mol. The number of carbonyl (C=O) groups excluding carboxylic acids is 2. The predicted octanol–water partition coefficient (Wildman–Crippen LogP) is 2.45. The molecule has 0 aliphatic carbocycles. The quantitative estimate of drug-likeness (QED) is 0.166. The fraction of sp³-hybridized carbons (Fsp3) is 0.679. The maximum Gasteiger partial charge on any atom is 0.305 e. The first-order chi connectivity index (χ1) is 17.9. The van der Waals surface area contributed by atoms with Crippen LogP contribution < -0.4 is 5.32 Å². The topological polar surface area (TPSA) is 144 Å². The third kappa shape index (κ3) is 8.49. The van der Waals surface area contributed by atoms with Crippen LogP contribution in [0.25, 0.3) is 0 Å². The minimum atomic E-state index is -0.941. The van der Waals surface area contributed by atoms with Gasteiger partial charge in [0.25, 0.3) is 0 Å². The molecular weight excluding hydrogens is 494 g/mol. The van der Waals surface area contributed by atoms with E-state index in [0.29, 0.717) is 19.4 Å². The van der Waals surface area contributed by atoms with Gasteiger partial charge >= 0.3 is 11.9 Å². The van der Waals surface area contributed by atoms with E-state index in [2.05, 4.69) is 18.3 Å². The molecular formula is C28H41NO9. The summed E-state index contributed by atoms with van der Waals surface area (Å²) >= 11 is 0. The molecule has 0 aromatic heterocycles. The zero-order chi connectivity index (χ0) is 28.0. The molecule has 1 spiro atoms. The van der Waals surface area contributed by atoms with Crippen LogP contribution in [0.3, 0.4) is 0 Å². The van der Waals surface area contributed by atoms with Gasteiger partial charge in [0.15, 0.2) is 0 Å². The van der Waals surface area contributed by atoms with E-state index in [4.69, 9.17) is 24.1 Å². The molecule has 3 aliphatic rings. The molecule has 3 saturated heterocycles. The molecule has 0 aromatic rings. The van der Waals surface area contributed by atoms with E-state index in [1.807, 2.05) is 19.9 Å². The molecule has 10 nitrogen and oxygen atoms in total. The van der Waals surface area contributed by atoms with Gasteiger partial charge in [-0.1, -0.05) is 30.7 Å². The Morgan fingerprint density at radius 2 is 1.89 bits per heavy atom. The van der Waals surface area contributed by atoms with Crippen LogP contribution in [0.15, 0.2) is 36.0 Å². The molecule has 1 amide bonds. The summed E-state index contributed by atoms with van der Waals surface area (Å²) in [6, 6.07) is -0.131. The van der Waals surface area contributed by atoms with Crippen LogP contribution in [0.2, 0.25) is 0 Å². The Kier molecular flexibility index (Phi) is 10.3. The van der Waals surface area contributed by atoms with Gasteiger partial charge in [0.05, 0.1) is 37.4 Å². The van der Waals surface area contributed by atoms with Gasteiger partial charge in [-0.25, -0.2) is 0 Å². The summed E-state index contributed by atoms with van der Waals surface area (Å²) in [6.07, 6.45) is 7.67. The maximum atomic E-state index is 12.3. The molecule has 0 aromatic carbocycles. The Morgan fingerprint density at radius 3 is 2.53 bits per heavy atom.